The average Bonchev–Trinajstić information content (AvgIpc) is 2.70. The smallest absolute Gasteiger partial charge is 0.197 e. The third-order valence-electron chi connectivity index (χ3n) is 2.36. The first-order valence-electron chi connectivity index (χ1n) is 4.77. The van der Waals surface area contributed by atoms with E-state index in [0.717, 1.165) is 18.0 Å². The summed E-state index contributed by atoms with van der Waals surface area (Å²) in [6.07, 6.45) is 5.03. The van der Waals surface area contributed by atoms with Crippen molar-refractivity contribution in [2.45, 2.75) is 31.7 Å². The molecule has 2 N–H and O–H groups in total. The molecule has 1 saturated carbocycles. The number of Topliss-reactive ketones (excluding diaryl/α,β-unsaturated/α-hetero) is 1. The molecular weight excluding hydrogens is 198 g/mol. The summed E-state index contributed by atoms with van der Waals surface area (Å²) in [6, 6.07) is 0.400. The summed E-state index contributed by atoms with van der Waals surface area (Å²) in [7, 11) is 0. The van der Waals surface area contributed by atoms with Crippen molar-refractivity contribution in [3.8, 4) is 0 Å². The summed E-state index contributed by atoms with van der Waals surface area (Å²) < 4.78 is 0. The number of hydrazine groups is 1. The Balaban J connectivity index is 1.73. The molecule has 1 aliphatic rings. The number of thiazole rings is 1. The van der Waals surface area contributed by atoms with Gasteiger partial charge in [0, 0.05) is 30.5 Å². The maximum Gasteiger partial charge on any atom is 0.197 e. The Hall–Kier alpha value is -0.940. The van der Waals surface area contributed by atoms with Gasteiger partial charge in [-0.05, 0) is 12.8 Å². The summed E-state index contributed by atoms with van der Waals surface area (Å²) in [5, 5.41) is 2.80. The molecule has 0 spiro atoms. The Bertz CT molecular complexity index is 289. The lowest BCUT2D eigenvalue weighted by atomic mass is 9.95. The van der Waals surface area contributed by atoms with Crippen molar-refractivity contribution in [1.29, 1.82) is 0 Å². The van der Waals surface area contributed by atoms with Crippen LogP contribution in [0.1, 0.15) is 25.7 Å². The topological polar surface area (TPSA) is 54.0 Å². The van der Waals surface area contributed by atoms with Gasteiger partial charge in [0.25, 0.3) is 0 Å². The first kappa shape index (κ1) is 9.61. The second-order valence-corrected chi connectivity index (χ2v) is 4.31. The van der Waals surface area contributed by atoms with E-state index in [1.807, 2.05) is 5.38 Å². The maximum absolute atomic E-state index is 11.0. The van der Waals surface area contributed by atoms with Crippen molar-refractivity contribution >= 4 is 22.3 Å². The lowest BCUT2D eigenvalue weighted by Crippen LogP contribution is -2.37. The summed E-state index contributed by atoms with van der Waals surface area (Å²) in [5.74, 6) is 0.386. The van der Waals surface area contributed by atoms with Gasteiger partial charge in [-0.15, -0.1) is 11.3 Å². The van der Waals surface area contributed by atoms with Crippen LogP contribution < -0.4 is 10.9 Å². The highest BCUT2D eigenvalue weighted by Gasteiger charge is 2.17. The van der Waals surface area contributed by atoms with Crippen LogP contribution in [0.15, 0.2) is 11.6 Å². The van der Waals surface area contributed by atoms with E-state index in [1.54, 1.807) is 17.5 Å². The molecule has 5 heteroatoms. The van der Waals surface area contributed by atoms with Crippen molar-refractivity contribution in [2.75, 3.05) is 5.43 Å². The van der Waals surface area contributed by atoms with Crippen molar-refractivity contribution in [1.82, 2.24) is 10.4 Å². The molecule has 0 bridgehead atoms. The Labute approximate surface area is 86.7 Å². The number of carbonyl (C=O) groups is 1. The van der Waals surface area contributed by atoms with Crippen LogP contribution in [-0.2, 0) is 4.79 Å². The van der Waals surface area contributed by atoms with Crippen LogP contribution in [0.2, 0.25) is 0 Å². The van der Waals surface area contributed by atoms with E-state index in [9.17, 15) is 4.79 Å². The summed E-state index contributed by atoms with van der Waals surface area (Å²) in [6.45, 7) is 0. The van der Waals surface area contributed by atoms with Crippen molar-refractivity contribution in [2.24, 2.45) is 0 Å². The van der Waals surface area contributed by atoms with Crippen molar-refractivity contribution in [3.05, 3.63) is 11.6 Å². The van der Waals surface area contributed by atoms with Gasteiger partial charge in [-0.1, -0.05) is 0 Å². The van der Waals surface area contributed by atoms with Crippen LogP contribution >= 0.6 is 11.3 Å². The van der Waals surface area contributed by atoms with E-state index in [1.165, 1.54) is 0 Å². The minimum atomic E-state index is 0.386. The predicted octanol–water partition coefficient (Wildman–Crippen LogP) is 1.57. The van der Waals surface area contributed by atoms with Gasteiger partial charge in [0.1, 0.15) is 5.78 Å². The number of aromatic nitrogens is 1. The largest absolute Gasteiger partial charge is 0.300 e. The number of anilines is 1. The fourth-order valence-electron chi connectivity index (χ4n) is 1.53. The van der Waals surface area contributed by atoms with Crippen LogP contribution in [0.3, 0.4) is 0 Å². The van der Waals surface area contributed by atoms with Crippen LogP contribution in [0, 0.1) is 0 Å². The molecule has 1 aromatic heterocycles. The lowest BCUT2D eigenvalue weighted by molar-refractivity contribution is -0.120. The zero-order chi connectivity index (χ0) is 9.80. The molecule has 0 unspecified atom stereocenters. The molecule has 0 aliphatic heterocycles. The van der Waals surface area contributed by atoms with Gasteiger partial charge in [0.15, 0.2) is 5.13 Å². The molecule has 0 amide bonds. The standard InChI is InChI=1S/C9H13N3OS/c13-8-3-1-7(2-4-8)11-12-9-10-5-6-14-9/h5-7,11H,1-4H2,(H,10,12). The molecule has 0 saturated heterocycles. The minimum Gasteiger partial charge on any atom is -0.300 e. The van der Waals surface area contributed by atoms with E-state index < -0.39 is 0 Å². The normalized spacial score (nSPS) is 18.4. The quantitative estimate of drug-likeness (QED) is 0.745. The number of nitrogens with one attached hydrogen (secondary N) is 2. The van der Waals surface area contributed by atoms with Crippen LogP contribution in [-0.4, -0.2) is 16.8 Å². The first-order chi connectivity index (χ1) is 6.84. The summed E-state index contributed by atoms with van der Waals surface area (Å²) in [5.41, 5.74) is 6.25. The Morgan fingerprint density at radius 2 is 2.21 bits per heavy atom. The Morgan fingerprint density at radius 3 is 2.86 bits per heavy atom. The molecule has 14 heavy (non-hydrogen) atoms. The predicted molar refractivity (Wildman–Crippen MR) is 56.1 cm³/mol. The zero-order valence-corrected chi connectivity index (χ0v) is 8.64. The van der Waals surface area contributed by atoms with Crippen LogP contribution in [0.25, 0.3) is 0 Å². The number of hydrogen-bond donors (Lipinski definition) is 2. The van der Waals surface area contributed by atoms with Gasteiger partial charge in [-0.25, -0.2) is 10.4 Å². The van der Waals surface area contributed by atoms with Crippen molar-refractivity contribution < 1.29 is 4.79 Å². The van der Waals surface area contributed by atoms with Gasteiger partial charge in [0.05, 0.1) is 0 Å². The minimum absolute atomic E-state index is 0.386. The monoisotopic (exact) mass is 211 g/mol. The third kappa shape index (κ3) is 2.52. The third-order valence-corrected chi connectivity index (χ3v) is 3.05. The number of rotatable bonds is 3. The SMILES string of the molecule is O=C1CCC(NNc2nccs2)CC1. The fourth-order valence-corrected chi connectivity index (χ4v) is 2.02. The van der Waals surface area contributed by atoms with E-state index in [2.05, 4.69) is 15.8 Å². The fraction of sp³-hybridized carbons (Fsp3) is 0.556. The Morgan fingerprint density at radius 1 is 1.43 bits per heavy atom. The van der Waals surface area contributed by atoms with E-state index in [4.69, 9.17) is 0 Å². The van der Waals surface area contributed by atoms with E-state index >= 15 is 0 Å². The second-order valence-electron chi connectivity index (χ2n) is 3.42. The highest BCUT2D eigenvalue weighted by atomic mass is 32.1. The molecule has 0 radical (unpaired) electrons. The molecular formula is C9H13N3OS. The number of carbonyl (C=O) groups excluding carboxylic acids is 1. The molecule has 76 valence electrons. The maximum atomic E-state index is 11.0. The summed E-state index contributed by atoms with van der Waals surface area (Å²) >= 11 is 1.56. The molecule has 1 aliphatic carbocycles. The molecule has 0 atom stereocenters. The highest BCUT2D eigenvalue weighted by molar-refractivity contribution is 7.13. The van der Waals surface area contributed by atoms with E-state index in [0.29, 0.717) is 24.7 Å². The number of ketones is 1. The average molecular weight is 211 g/mol. The molecule has 1 heterocycles. The molecule has 1 aromatic rings. The van der Waals surface area contributed by atoms with Gasteiger partial charge in [0.2, 0.25) is 0 Å². The molecule has 1 fully saturated rings. The zero-order valence-electron chi connectivity index (χ0n) is 7.82. The summed E-state index contributed by atoms with van der Waals surface area (Å²) in [4.78, 5) is 15.1. The second kappa shape index (κ2) is 4.52. The van der Waals surface area contributed by atoms with Crippen molar-refractivity contribution in [3.63, 3.8) is 0 Å². The van der Waals surface area contributed by atoms with Gasteiger partial charge < -0.3 is 0 Å². The van der Waals surface area contributed by atoms with Gasteiger partial charge in [-0.3, -0.25) is 10.2 Å². The molecule has 4 nitrogen and oxygen atoms in total. The molecule has 2 rings (SSSR count). The lowest BCUT2D eigenvalue weighted by Gasteiger charge is -2.22. The number of nitrogens with zero attached hydrogens (tertiary/aromatic N) is 1. The van der Waals surface area contributed by atoms with Crippen LogP contribution in [0.5, 0.6) is 0 Å². The Kier molecular flexibility index (Phi) is 3.10. The first-order valence-corrected chi connectivity index (χ1v) is 5.65. The van der Waals surface area contributed by atoms with Gasteiger partial charge >= 0.3 is 0 Å². The molecule has 0 aromatic carbocycles. The van der Waals surface area contributed by atoms with Gasteiger partial charge in [-0.2, -0.15) is 0 Å². The highest BCUT2D eigenvalue weighted by Crippen LogP contribution is 2.15. The van der Waals surface area contributed by atoms with E-state index in [-0.39, 0.29) is 0 Å². The van der Waals surface area contributed by atoms with Crippen LogP contribution in [0.4, 0.5) is 5.13 Å². The number of hydrogen-bond acceptors (Lipinski definition) is 5.